The van der Waals surface area contributed by atoms with Crippen LogP contribution in [0, 0.1) is 0 Å². The molecule has 1 N–H and O–H groups in total. The van der Waals surface area contributed by atoms with Crippen LogP contribution in [0.5, 0.6) is 5.75 Å². The number of methoxy groups -OCH3 is 1. The van der Waals surface area contributed by atoms with Crippen LogP contribution in [0.3, 0.4) is 0 Å². The molecule has 4 nitrogen and oxygen atoms in total. The maximum Gasteiger partial charge on any atom is 0.419 e. The molecule has 1 saturated heterocycles. The molecule has 10 heteroatoms. The summed E-state index contributed by atoms with van der Waals surface area (Å²) in [6.07, 6.45) is -3.53. The molecular formula is C26H26F6N2O2. The number of rotatable bonds is 7. The van der Waals surface area contributed by atoms with Gasteiger partial charge in [0.25, 0.3) is 0 Å². The molecule has 1 aliphatic heterocycles. The number of alkyl halides is 6. The van der Waals surface area contributed by atoms with Crippen molar-refractivity contribution < 1.29 is 35.8 Å². The highest BCUT2D eigenvalue weighted by Gasteiger charge is 2.35. The summed E-state index contributed by atoms with van der Waals surface area (Å²) in [4.78, 5) is 4.44. The zero-order valence-corrected chi connectivity index (χ0v) is 19.7. The van der Waals surface area contributed by atoms with Gasteiger partial charge in [0.2, 0.25) is 5.90 Å². The van der Waals surface area contributed by atoms with Crippen LogP contribution in [-0.2, 0) is 17.1 Å². The van der Waals surface area contributed by atoms with E-state index < -0.39 is 29.2 Å². The van der Waals surface area contributed by atoms with Gasteiger partial charge in [-0.05, 0) is 62.2 Å². The molecule has 0 saturated carbocycles. The Morgan fingerprint density at radius 3 is 2.39 bits per heavy atom. The van der Waals surface area contributed by atoms with Gasteiger partial charge in [0.15, 0.2) is 0 Å². The Balaban J connectivity index is 1.82. The first-order valence-corrected chi connectivity index (χ1v) is 11.2. The number of nitrogens with zero attached hydrogens (tertiary/aromatic N) is 1. The normalized spacial score (nSPS) is 17.6. The van der Waals surface area contributed by atoms with E-state index in [1.807, 2.05) is 0 Å². The van der Waals surface area contributed by atoms with Crippen molar-refractivity contribution in [3.63, 3.8) is 0 Å². The Hall–Kier alpha value is -3.27. The fourth-order valence-electron chi connectivity index (χ4n) is 3.83. The number of hydrogen-bond donors (Lipinski definition) is 1. The number of nitrogens with one attached hydrogen (secondary N) is 1. The second-order valence-electron chi connectivity index (χ2n) is 7.98. The van der Waals surface area contributed by atoms with Gasteiger partial charge in [-0.25, -0.2) is 4.99 Å². The van der Waals surface area contributed by atoms with Gasteiger partial charge in [-0.1, -0.05) is 30.4 Å². The highest BCUT2D eigenvalue weighted by Crippen LogP contribution is 2.38. The number of aliphatic imine (C=N–C) groups is 1. The number of halogens is 6. The Bertz CT molecular complexity index is 1130. The molecule has 36 heavy (non-hydrogen) atoms. The lowest BCUT2D eigenvalue weighted by Crippen LogP contribution is -2.32. The molecule has 0 spiro atoms. The number of benzene rings is 2. The summed E-state index contributed by atoms with van der Waals surface area (Å²) in [5, 5.41) is 3.23. The summed E-state index contributed by atoms with van der Waals surface area (Å²) in [7, 11) is 1.46. The summed E-state index contributed by atoms with van der Waals surface area (Å²) in [6, 6.07) is 8.35. The maximum absolute atomic E-state index is 13.8. The largest absolute Gasteiger partial charge is 0.489 e. The minimum absolute atomic E-state index is 0.107. The van der Waals surface area contributed by atoms with Gasteiger partial charge < -0.3 is 14.8 Å². The first kappa shape index (κ1) is 27.3. The molecule has 1 aliphatic rings. The van der Waals surface area contributed by atoms with Crippen molar-refractivity contribution in [3.8, 4) is 5.75 Å². The molecule has 1 unspecified atom stereocenters. The smallest absolute Gasteiger partial charge is 0.419 e. The first-order chi connectivity index (χ1) is 17.0. The van der Waals surface area contributed by atoms with E-state index in [1.165, 1.54) is 49.6 Å². The van der Waals surface area contributed by atoms with Crippen molar-refractivity contribution in [3.05, 3.63) is 76.9 Å². The Kier molecular flexibility index (Phi) is 8.84. The second-order valence-corrected chi connectivity index (χ2v) is 7.98. The van der Waals surface area contributed by atoms with E-state index in [0.29, 0.717) is 11.6 Å². The molecular weight excluding hydrogens is 486 g/mol. The first-order valence-electron chi connectivity index (χ1n) is 11.2. The van der Waals surface area contributed by atoms with Crippen molar-refractivity contribution in [2.75, 3.05) is 20.3 Å². The summed E-state index contributed by atoms with van der Waals surface area (Å²) in [5.74, 6) is -0.0531. The van der Waals surface area contributed by atoms with Crippen molar-refractivity contribution in [1.29, 1.82) is 0 Å². The van der Waals surface area contributed by atoms with Crippen LogP contribution < -0.4 is 10.1 Å². The van der Waals surface area contributed by atoms with Crippen LogP contribution in [0.25, 0.3) is 11.8 Å². The number of hydrogen-bond acceptors (Lipinski definition) is 4. The maximum atomic E-state index is 13.8. The third-order valence-electron chi connectivity index (χ3n) is 5.55. The Morgan fingerprint density at radius 2 is 1.78 bits per heavy atom. The lowest BCUT2D eigenvalue weighted by molar-refractivity contribution is -0.139. The van der Waals surface area contributed by atoms with Crippen LogP contribution in [0.4, 0.5) is 26.3 Å². The minimum atomic E-state index is -4.72. The van der Waals surface area contributed by atoms with Crippen molar-refractivity contribution in [1.82, 2.24) is 5.32 Å². The van der Waals surface area contributed by atoms with Gasteiger partial charge in [-0.3, -0.25) is 0 Å². The Morgan fingerprint density at radius 1 is 1.06 bits per heavy atom. The SMILES string of the molecule is C/C=C(\N=C(OC)C1CCCN1)c1ccc(OC/C=C/c2ccccc2C(F)(F)F)c(C(F)(F)F)c1. The molecule has 0 aliphatic carbocycles. The van der Waals surface area contributed by atoms with E-state index >= 15 is 0 Å². The zero-order valence-electron chi connectivity index (χ0n) is 19.7. The summed E-state index contributed by atoms with van der Waals surface area (Å²) >= 11 is 0. The van der Waals surface area contributed by atoms with E-state index in [9.17, 15) is 26.3 Å². The average Bonchev–Trinajstić information content (AvgIpc) is 3.37. The van der Waals surface area contributed by atoms with E-state index in [-0.39, 0.29) is 23.8 Å². The predicted octanol–water partition coefficient (Wildman–Crippen LogP) is 6.97. The molecule has 1 heterocycles. The summed E-state index contributed by atoms with van der Waals surface area (Å²) in [5.41, 5.74) is -1.44. The third kappa shape index (κ3) is 6.90. The lowest BCUT2D eigenvalue weighted by atomic mass is 10.1. The third-order valence-corrected chi connectivity index (χ3v) is 5.55. The van der Waals surface area contributed by atoms with Gasteiger partial charge in [-0.2, -0.15) is 26.3 Å². The average molecular weight is 512 g/mol. The fourth-order valence-corrected chi connectivity index (χ4v) is 3.83. The van der Waals surface area contributed by atoms with Gasteiger partial charge in [0, 0.05) is 5.56 Å². The molecule has 1 atom stereocenters. The molecule has 3 rings (SSSR count). The van der Waals surface area contributed by atoms with Crippen molar-refractivity contribution in [2.24, 2.45) is 4.99 Å². The van der Waals surface area contributed by atoms with Crippen molar-refractivity contribution in [2.45, 2.75) is 38.2 Å². The van der Waals surface area contributed by atoms with Gasteiger partial charge in [0.05, 0.1) is 30.0 Å². The highest BCUT2D eigenvalue weighted by molar-refractivity contribution is 5.88. The lowest BCUT2D eigenvalue weighted by Gasteiger charge is -2.16. The second kappa shape index (κ2) is 11.6. The van der Waals surface area contributed by atoms with E-state index in [1.54, 1.807) is 13.0 Å². The number of ether oxygens (including phenoxy) is 2. The molecule has 194 valence electrons. The van der Waals surface area contributed by atoms with Gasteiger partial charge in [-0.15, -0.1) is 0 Å². The molecule has 0 radical (unpaired) electrons. The van der Waals surface area contributed by atoms with Crippen LogP contribution >= 0.6 is 0 Å². The van der Waals surface area contributed by atoms with E-state index in [0.717, 1.165) is 31.5 Å². The van der Waals surface area contributed by atoms with Crippen LogP contribution in [0.2, 0.25) is 0 Å². The van der Waals surface area contributed by atoms with Gasteiger partial charge in [0.1, 0.15) is 12.4 Å². The summed E-state index contributed by atoms with van der Waals surface area (Å²) < 4.78 is 91.4. The monoisotopic (exact) mass is 512 g/mol. The van der Waals surface area contributed by atoms with Crippen LogP contribution in [-0.4, -0.2) is 32.2 Å². The quantitative estimate of drug-likeness (QED) is 0.247. The van der Waals surface area contributed by atoms with Crippen LogP contribution in [0.1, 0.15) is 42.0 Å². The topological polar surface area (TPSA) is 42.8 Å². The predicted molar refractivity (Wildman–Crippen MR) is 127 cm³/mol. The van der Waals surface area contributed by atoms with E-state index in [4.69, 9.17) is 9.47 Å². The van der Waals surface area contributed by atoms with Gasteiger partial charge >= 0.3 is 12.4 Å². The van der Waals surface area contributed by atoms with Crippen LogP contribution in [0.15, 0.2) is 59.6 Å². The standard InChI is InChI=1S/C26H26F6N2O2/c1-3-21(34-24(35-2)22-11-6-14-33-22)18-12-13-23(20(16-18)26(30,31)32)36-15-7-9-17-8-4-5-10-19(17)25(27,28)29/h3-5,7-10,12-13,16,22,33H,6,11,14-15H2,1-2H3/b9-7+,21-3-,34-24?. The molecule has 0 aromatic heterocycles. The molecule has 0 bridgehead atoms. The minimum Gasteiger partial charge on any atom is -0.489 e. The summed E-state index contributed by atoms with van der Waals surface area (Å²) in [6.45, 7) is 2.11. The number of allylic oxidation sites excluding steroid dienone is 1. The zero-order chi connectivity index (χ0) is 26.3. The molecule has 0 amide bonds. The highest BCUT2D eigenvalue weighted by atomic mass is 19.4. The van der Waals surface area contributed by atoms with E-state index in [2.05, 4.69) is 10.3 Å². The fraction of sp³-hybridized carbons (Fsp3) is 0.346. The molecule has 1 fully saturated rings. The Labute approximate surface area is 205 Å². The molecule has 2 aromatic carbocycles. The molecule has 2 aromatic rings. The van der Waals surface area contributed by atoms with Crippen molar-refractivity contribution >= 4 is 17.7 Å².